The molecular weight excluding hydrogens is 394 g/mol. The number of carbonyl (C=O) groups excluding carboxylic acids is 1. The van der Waals surface area contributed by atoms with Crippen molar-refractivity contribution in [1.82, 2.24) is 9.97 Å². The third-order valence-corrected chi connectivity index (χ3v) is 4.95. The fraction of sp³-hybridized carbons (Fsp3) is 0.167. The van der Waals surface area contributed by atoms with Crippen molar-refractivity contribution in [2.24, 2.45) is 0 Å². The number of ether oxygens (including phenoxy) is 3. The van der Waals surface area contributed by atoms with E-state index in [4.69, 9.17) is 14.2 Å². The molecule has 0 saturated carbocycles. The van der Waals surface area contributed by atoms with Gasteiger partial charge in [-0.1, -0.05) is 30.3 Å². The average molecular weight is 417 g/mol. The van der Waals surface area contributed by atoms with Crippen molar-refractivity contribution in [2.75, 3.05) is 26.6 Å². The number of nitrogens with zero attached hydrogens (tertiary/aromatic N) is 1. The number of H-pyrrole nitrogens is 1. The molecule has 0 atom stereocenters. The molecule has 158 valence electrons. The van der Waals surface area contributed by atoms with E-state index in [2.05, 4.69) is 15.3 Å². The number of fused-ring (bicyclic) bond motifs is 1. The molecule has 0 saturated heterocycles. The second-order valence-electron chi connectivity index (χ2n) is 6.90. The summed E-state index contributed by atoms with van der Waals surface area (Å²) in [4.78, 5) is 20.7. The Kier molecular flexibility index (Phi) is 5.75. The lowest BCUT2D eigenvalue weighted by Gasteiger charge is -2.15. The zero-order valence-electron chi connectivity index (χ0n) is 17.6. The van der Waals surface area contributed by atoms with Gasteiger partial charge in [0.1, 0.15) is 5.82 Å². The van der Waals surface area contributed by atoms with E-state index in [1.54, 1.807) is 19.2 Å². The van der Waals surface area contributed by atoms with Crippen LogP contribution in [0.25, 0.3) is 22.4 Å². The van der Waals surface area contributed by atoms with E-state index in [0.29, 0.717) is 28.5 Å². The molecule has 0 unspecified atom stereocenters. The smallest absolute Gasteiger partial charge is 0.228 e. The standard InChI is InChI=1S/C24H23N3O4/c1-29-20-12-11-15(22(30-2)23(20)31-3)14-21(28)25-17-8-6-7-16(13-17)24-26-18-9-4-5-10-19(18)27-24/h4-13H,14H2,1-3H3,(H,25,28)(H,26,27). The predicted molar refractivity (Wildman–Crippen MR) is 120 cm³/mol. The van der Waals surface area contributed by atoms with E-state index in [0.717, 1.165) is 22.4 Å². The fourth-order valence-corrected chi connectivity index (χ4v) is 3.51. The number of anilines is 1. The van der Waals surface area contributed by atoms with Crippen LogP contribution >= 0.6 is 0 Å². The summed E-state index contributed by atoms with van der Waals surface area (Å²) in [5.41, 5.74) is 4.13. The summed E-state index contributed by atoms with van der Waals surface area (Å²) < 4.78 is 16.2. The Balaban J connectivity index is 1.54. The molecule has 0 aliphatic carbocycles. The quantitative estimate of drug-likeness (QED) is 0.464. The van der Waals surface area contributed by atoms with E-state index >= 15 is 0 Å². The highest BCUT2D eigenvalue weighted by atomic mass is 16.5. The van der Waals surface area contributed by atoms with E-state index in [-0.39, 0.29) is 12.3 Å². The topological polar surface area (TPSA) is 85.5 Å². The van der Waals surface area contributed by atoms with Crippen molar-refractivity contribution in [3.05, 3.63) is 66.2 Å². The van der Waals surface area contributed by atoms with Crippen molar-refractivity contribution in [2.45, 2.75) is 6.42 Å². The molecule has 0 bridgehead atoms. The molecule has 0 radical (unpaired) electrons. The lowest BCUT2D eigenvalue weighted by Crippen LogP contribution is -2.15. The molecule has 0 aliphatic rings. The van der Waals surface area contributed by atoms with Crippen molar-refractivity contribution in [1.29, 1.82) is 0 Å². The molecule has 7 heteroatoms. The Morgan fingerprint density at radius 1 is 0.935 bits per heavy atom. The van der Waals surface area contributed by atoms with Gasteiger partial charge >= 0.3 is 0 Å². The van der Waals surface area contributed by atoms with Gasteiger partial charge in [0.2, 0.25) is 11.7 Å². The van der Waals surface area contributed by atoms with Gasteiger partial charge in [-0.2, -0.15) is 0 Å². The molecule has 4 aromatic rings. The van der Waals surface area contributed by atoms with E-state index < -0.39 is 0 Å². The minimum absolute atomic E-state index is 0.123. The van der Waals surface area contributed by atoms with Crippen LogP contribution in [-0.4, -0.2) is 37.2 Å². The summed E-state index contributed by atoms with van der Waals surface area (Å²) in [5.74, 6) is 2.06. The van der Waals surface area contributed by atoms with Gasteiger partial charge in [0.15, 0.2) is 11.5 Å². The number of carbonyl (C=O) groups is 1. The molecule has 7 nitrogen and oxygen atoms in total. The van der Waals surface area contributed by atoms with Crippen LogP contribution in [0.4, 0.5) is 5.69 Å². The number of aromatic nitrogens is 2. The summed E-state index contributed by atoms with van der Waals surface area (Å²) in [7, 11) is 4.63. The average Bonchev–Trinajstić information content (AvgIpc) is 3.23. The second-order valence-corrected chi connectivity index (χ2v) is 6.90. The number of hydrogen-bond acceptors (Lipinski definition) is 5. The summed E-state index contributed by atoms with van der Waals surface area (Å²) in [6, 6.07) is 19.0. The largest absolute Gasteiger partial charge is 0.493 e. The highest BCUT2D eigenvalue weighted by Crippen LogP contribution is 2.40. The number of nitrogens with one attached hydrogen (secondary N) is 2. The highest BCUT2D eigenvalue weighted by Gasteiger charge is 2.18. The number of hydrogen-bond donors (Lipinski definition) is 2. The number of imidazole rings is 1. The third-order valence-electron chi connectivity index (χ3n) is 4.95. The van der Waals surface area contributed by atoms with Crippen molar-refractivity contribution >= 4 is 22.6 Å². The van der Waals surface area contributed by atoms with Crippen molar-refractivity contribution in [3.63, 3.8) is 0 Å². The first-order chi connectivity index (χ1) is 15.1. The molecule has 31 heavy (non-hydrogen) atoms. The van der Waals surface area contributed by atoms with Gasteiger partial charge in [0, 0.05) is 16.8 Å². The Morgan fingerprint density at radius 2 is 1.74 bits per heavy atom. The normalized spacial score (nSPS) is 10.7. The highest BCUT2D eigenvalue weighted by molar-refractivity contribution is 5.93. The summed E-state index contributed by atoms with van der Waals surface area (Å²) in [5, 5.41) is 2.94. The number of amides is 1. The molecular formula is C24H23N3O4. The minimum atomic E-state index is -0.174. The summed E-state index contributed by atoms with van der Waals surface area (Å²) >= 11 is 0. The van der Waals surface area contributed by atoms with Gasteiger partial charge in [-0.15, -0.1) is 0 Å². The fourth-order valence-electron chi connectivity index (χ4n) is 3.51. The Bertz CT molecular complexity index is 1200. The van der Waals surface area contributed by atoms with Crippen LogP contribution in [0.2, 0.25) is 0 Å². The number of aromatic amines is 1. The van der Waals surface area contributed by atoms with Gasteiger partial charge in [-0.05, 0) is 30.3 Å². The number of methoxy groups -OCH3 is 3. The first-order valence-electron chi connectivity index (χ1n) is 9.75. The monoisotopic (exact) mass is 417 g/mol. The van der Waals surface area contributed by atoms with Crippen LogP contribution < -0.4 is 19.5 Å². The second kappa shape index (κ2) is 8.79. The molecule has 2 N–H and O–H groups in total. The van der Waals surface area contributed by atoms with Crippen LogP contribution in [0.3, 0.4) is 0 Å². The van der Waals surface area contributed by atoms with E-state index in [9.17, 15) is 4.79 Å². The Morgan fingerprint density at radius 3 is 2.48 bits per heavy atom. The molecule has 3 aromatic carbocycles. The minimum Gasteiger partial charge on any atom is -0.493 e. The lowest BCUT2D eigenvalue weighted by atomic mass is 10.1. The van der Waals surface area contributed by atoms with Crippen LogP contribution in [0.15, 0.2) is 60.7 Å². The number of para-hydroxylation sites is 2. The van der Waals surface area contributed by atoms with Crippen LogP contribution in [0.5, 0.6) is 17.2 Å². The molecule has 0 fully saturated rings. The van der Waals surface area contributed by atoms with Gasteiger partial charge in [-0.25, -0.2) is 4.98 Å². The maximum atomic E-state index is 12.7. The third kappa shape index (κ3) is 4.16. The molecule has 1 amide bonds. The van der Waals surface area contributed by atoms with Crippen LogP contribution in [0, 0.1) is 0 Å². The van der Waals surface area contributed by atoms with E-state index in [1.165, 1.54) is 14.2 Å². The zero-order chi connectivity index (χ0) is 21.8. The SMILES string of the molecule is COc1ccc(CC(=O)Nc2cccc(-c3nc4ccccc4[nH]3)c2)c(OC)c1OC. The maximum Gasteiger partial charge on any atom is 0.228 e. The summed E-state index contributed by atoms with van der Waals surface area (Å²) in [6.07, 6.45) is 0.123. The Hall–Kier alpha value is -4.00. The van der Waals surface area contributed by atoms with Crippen LogP contribution in [0.1, 0.15) is 5.56 Å². The van der Waals surface area contributed by atoms with Gasteiger partial charge in [-0.3, -0.25) is 4.79 Å². The van der Waals surface area contributed by atoms with Crippen molar-refractivity contribution in [3.8, 4) is 28.6 Å². The first kappa shape index (κ1) is 20.3. The molecule has 4 rings (SSSR count). The zero-order valence-corrected chi connectivity index (χ0v) is 17.6. The predicted octanol–water partition coefficient (Wildman–Crippen LogP) is 4.44. The van der Waals surface area contributed by atoms with Crippen LogP contribution in [-0.2, 0) is 11.2 Å². The first-order valence-corrected chi connectivity index (χ1v) is 9.75. The summed E-state index contributed by atoms with van der Waals surface area (Å²) in [6.45, 7) is 0. The van der Waals surface area contributed by atoms with Gasteiger partial charge in [0.25, 0.3) is 0 Å². The number of rotatable bonds is 7. The van der Waals surface area contributed by atoms with Gasteiger partial charge in [0.05, 0.1) is 38.8 Å². The molecule has 0 aliphatic heterocycles. The molecule has 0 spiro atoms. The molecule has 1 aromatic heterocycles. The maximum absolute atomic E-state index is 12.7. The lowest BCUT2D eigenvalue weighted by molar-refractivity contribution is -0.115. The van der Waals surface area contributed by atoms with Crippen molar-refractivity contribution < 1.29 is 19.0 Å². The number of benzene rings is 3. The molecule has 1 heterocycles. The van der Waals surface area contributed by atoms with Gasteiger partial charge < -0.3 is 24.5 Å². The van der Waals surface area contributed by atoms with E-state index in [1.807, 2.05) is 48.5 Å². The Labute approximate surface area is 180 Å².